The second-order valence-electron chi connectivity index (χ2n) is 3.75. The molecule has 0 aromatic carbocycles. The Balaban J connectivity index is 2.29. The summed E-state index contributed by atoms with van der Waals surface area (Å²) in [5.74, 6) is -0.324. The molecule has 4 nitrogen and oxygen atoms in total. The first-order chi connectivity index (χ1) is 7.08. The van der Waals surface area contributed by atoms with Crippen LogP contribution in [-0.4, -0.2) is 18.0 Å². The van der Waals surface area contributed by atoms with Gasteiger partial charge in [0.25, 0.3) is 0 Å². The largest absolute Gasteiger partial charge is 0.370 e. The number of nitrogens with zero attached hydrogens (tertiary/aromatic N) is 1. The molecule has 0 bridgehead atoms. The highest BCUT2D eigenvalue weighted by Gasteiger charge is 2.17. The zero-order valence-electron chi connectivity index (χ0n) is 8.53. The summed E-state index contributed by atoms with van der Waals surface area (Å²) >= 11 is 0. The SMILES string of the molecule is NC(N)=NC(=O)CCC1CC=CC(F)C1. The second-order valence-corrected chi connectivity index (χ2v) is 3.75. The van der Waals surface area contributed by atoms with E-state index in [9.17, 15) is 9.18 Å². The van der Waals surface area contributed by atoms with Gasteiger partial charge in [-0.1, -0.05) is 12.2 Å². The molecule has 1 amide bonds. The highest BCUT2D eigenvalue weighted by Crippen LogP contribution is 2.24. The molecule has 5 heteroatoms. The molecular weight excluding hydrogens is 197 g/mol. The van der Waals surface area contributed by atoms with Gasteiger partial charge >= 0.3 is 0 Å². The van der Waals surface area contributed by atoms with Crippen LogP contribution >= 0.6 is 0 Å². The molecule has 0 saturated heterocycles. The van der Waals surface area contributed by atoms with Crippen molar-refractivity contribution in [2.75, 3.05) is 0 Å². The number of allylic oxidation sites excluding steroid dienone is 2. The van der Waals surface area contributed by atoms with Gasteiger partial charge in [-0.05, 0) is 25.2 Å². The molecule has 0 aromatic heterocycles. The van der Waals surface area contributed by atoms with Crippen molar-refractivity contribution in [1.82, 2.24) is 0 Å². The maximum absolute atomic E-state index is 12.9. The molecule has 0 fully saturated rings. The van der Waals surface area contributed by atoms with Crippen LogP contribution in [0.3, 0.4) is 0 Å². The molecule has 0 heterocycles. The van der Waals surface area contributed by atoms with Gasteiger partial charge in [-0.15, -0.1) is 0 Å². The van der Waals surface area contributed by atoms with Crippen molar-refractivity contribution in [1.29, 1.82) is 0 Å². The summed E-state index contributed by atoms with van der Waals surface area (Å²) < 4.78 is 12.9. The number of carbonyl (C=O) groups is 1. The molecule has 0 spiro atoms. The minimum atomic E-state index is -0.873. The van der Waals surface area contributed by atoms with E-state index in [2.05, 4.69) is 4.99 Å². The maximum atomic E-state index is 12.9. The quantitative estimate of drug-likeness (QED) is 0.414. The number of halogens is 1. The molecule has 1 aliphatic rings. The fourth-order valence-electron chi connectivity index (χ4n) is 1.68. The highest BCUT2D eigenvalue weighted by atomic mass is 19.1. The van der Waals surface area contributed by atoms with Gasteiger partial charge in [0.2, 0.25) is 5.91 Å². The van der Waals surface area contributed by atoms with E-state index in [1.165, 1.54) is 0 Å². The van der Waals surface area contributed by atoms with Crippen LogP contribution in [0.15, 0.2) is 17.1 Å². The Morgan fingerprint density at radius 1 is 1.53 bits per heavy atom. The zero-order chi connectivity index (χ0) is 11.3. The van der Waals surface area contributed by atoms with Gasteiger partial charge in [-0.3, -0.25) is 4.79 Å². The lowest BCUT2D eigenvalue weighted by molar-refractivity contribution is -0.118. The second kappa shape index (κ2) is 5.48. The number of alkyl halides is 1. The number of guanidine groups is 1. The molecule has 2 atom stereocenters. The number of amides is 1. The first-order valence-corrected chi connectivity index (χ1v) is 5.01. The van der Waals surface area contributed by atoms with Gasteiger partial charge in [-0.2, -0.15) is 4.99 Å². The Hall–Kier alpha value is -1.39. The average Bonchev–Trinajstić information content (AvgIpc) is 2.14. The maximum Gasteiger partial charge on any atom is 0.248 e. The van der Waals surface area contributed by atoms with Crippen LogP contribution in [-0.2, 0) is 4.79 Å². The minimum absolute atomic E-state index is 0.216. The third kappa shape index (κ3) is 4.58. The Morgan fingerprint density at radius 2 is 2.27 bits per heavy atom. The molecule has 1 rings (SSSR count). The van der Waals surface area contributed by atoms with E-state index in [1.807, 2.05) is 6.08 Å². The predicted octanol–water partition coefficient (Wildman–Crippen LogP) is 0.871. The van der Waals surface area contributed by atoms with E-state index in [0.717, 1.165) is 6.42 Å². The predicted molar refractivity (Wildman–Crippen MR) is 56.8 cm³/mol. The van der Waals surface area contributed by atoms with Crippen LogP contribution in [0.1, 0.15) is 25.7 Å². The topological polar surface area (TPSA) is 81.5 Å². The third-order valence-electron chi connectivity index (χ3n) is 2.39. The summed E-state index contributed by atoms with van der Waals surface area (Å²) in [4.78, 5) is 14.5. The van der Waals surface area contributed by atoms with Crippen LogP contribution in [0.2, 0.25) is 0 Å². The van der Waals surface area contributed by atoms with E-state index in [0.29, 0.717) is 12.8 Å². The Labute approximate surface area is 88.2 Å². The first-order valence-electron chi connectivity index (χ1n) is 5.01. The Kier molecular flexibility index (Phi) is 4.27. The monoisotopic (exact) mass is 213 g/mol. The third-order valence-corrected chi connectivity index (χ3v) is 2.39. The summed E-state index contributed by atoms with van der Waals surface area (Å²) in [6.45, 7) is 0. The summed E-state index contributed by atoms with van der Waals surface area (Å²) in [6.07, 6.45) is 4.75. The highest BCUT2D eigenvalue weighted by molar-refractivity contribution is 5.91. The van der Waals surface area contributed by atoms with Crippen molar-refractivity contribution in [3.8, 4) is 0 Å². The lowest BCUT2D eigenvalue weighted by Gasteiger charge is -2.19. The van der Waals surface area contributed by atoms with Crippen molar-refractivity contribution in [3.63, 3.8) is 0 Å². The van der Waals surface area contributed by atoms with Gasteiger partial charge in [0.05, 0.1) is 0 Å². The Bertz CT molecular complexity index is 284. The summed E-state index contributed by atoms with van der Waals surface area (Å²) in [5, 5.41) is 0. The fourth-order valence-corrected chi connectivity index (χ4v) is 1.68. The van der Waals surface area contributed by atoms with Crippen molar-refractivity contribution in [3.05, 3.63) is 12.2 Å². The van der Waals surface area contributed by atoms with Gasteiger partial charge < -0.3 is 11.5 Å². The molecular formula is C10H16FN3O. The van der Waals surface area contributed by atoms with Crippen LogP contribution in [0.25, 0.3) is 0 Å². The number of carbonyl (C=O) groups excluding carboxylic acids is 1. The summed E-state index contributed by atoms with van der Waals surface area (Å²) in [6, 6.07) is 0. The molecule has 2 unspecified atom stereocenters. The molecule has 1 aliphatic carbocycles. The first kappa shape index (κ1) is 11.7. The smallest absolute Gasteiger partial charge is 0.248 e. The van der Waals surface area contributed by atoms with Crippen molar-refractivity contribution < 1.29 is 9.18 Å². The lowest BCUT2D eigenvalue weighted by atomic mass is 9.89. The normalized spacial score (nSPS) is 24.9. The van der Waals surface area contributed by atoms with Gasteiger partial charge in [-0.25, -0.2) is 4.39 Å². The molecule has 0 aliphatic heterocycles. The standard InChI is InChI=1S/C10H16FN3O/c11-8-3-1-2-7(6-8)4-5-9(15)14-10(12)13/h1,3,7-8H,2,4-6H2,(H4,12,13,14,15). The zero-order valence-corrected chi connectivity index (χ0v) is 8.53. The number of aliphatic imine (C=N–C) groups is 1. The van der Waals surface area contributed by atoms with E-state index in [1.54, 1.807) is 6.08 Å². The Morgan fingerprint density at radius 3 is 2.87 bits per heavy atom. The van der Waals surface area contributed by atoms with Crippen LogP contribution in [0.5, 0.6) is 0 Å². The van der Waals surface area contributed by atoms with E-state index < -0.39 is 6.17 Å². The molecule has 84 valence electrons. The molecule has 0 radical (unpaired) electrons. The van der Waals surface area contributed by atoms with Crippen LogP contribution in [0, 0.1) is 5.92 Å². The number of nitrogens with two attached hydrogens (primary N) is 2. The lowest BCUT2D eigenvalue weighted by Crippen LogP contribution is -2.24. The van der Waals surface area contributed by atoms with Crippen molar-refractivity contribution >= 4 is 11.9 Å². The van der Waals surface area contributed by atoms with Gasteiger partial charge in [0, 0.05) is 6.42 Å². The number of hydrogen-bond acceptors (Lipinski definition) is 1. The molecule has 4 N–H and O–H groups in total. The van der Waals surface area contributed by atoms with Crippen molar-refractivity contribution in [2.45, 2.75) is 31.9 Å². The summed E-state index contributed by atoms with van der Waals surface area (Å²) in [7, 11) is 0. The van der Waals surface area contributed by atoms with Gasteiger partial charge in [0.15, 0.2) is 5.96 Å². The molecule has 0 saturated carbocycles. The van der Waals surface area contributed by atoms with Crippen LogP contribution in [0.4, 0.5) is 4.39 Å². The average molecular weight is 213 g/mol. The molecule has 15 heavy (non-hydrogen) atoms. The van der Waals surface area contributed by atoms with E-state index >= 15 is 0 Å². The summed E-state index contributed by atoms with van der Waals surface area (Å²) in [5.41, 5.74) is 10.1. The van der Waals surface area contributed by atoms with Crippen LogP contribution < -0.4 is 11.5 Å². The van der Waals surface area contributed by atoms with Crippen molar-refractivity contribution in [2.24, 2.45) is 22.4 Å². The number of hydrogen-bond donors (Lipinski definition) is 2. The fraction of sp³-hybridized carbons (Fsp3) is 0.600. The van der Waals surface area contributed by atoms with E-state index in [-0.39, 0.29) is 24.2 Å². The molecule has 0 aromatic rings. The minimum Gasteiger partial charge on any atom is -0.370 e. The number of rotatable bonds is 3. The van der Waals surface area contributed by atoms with Gasteiger partial charge in [0.1, 0.15) is 6.17 Å². The van der Waals surface area contributed by atoms with E-state index in [4.69, 9.17) is 11.5 Å².